The predicted molar refractivity (Wildman–Crippen MR) is 70.5 cm³/mol. The van der Waals surface area contributed by atoms with Gasteiger partial charge in [0, 0.05) is 0 Å². The average Bonchev–Trinajstić information content (AvgIpc) is 3.23. The van der Waals surface area contributed by atoms with Gasteiger partial charge in [0.15, 0.2) is 0 Å². The minimum atomic E-state index is -4.44. The molecule has 1 saturated heterocycles. The summed E-state index contributed by atoms with van der Waals surface area (Å²) in [6.45, 7) is -0.367. The number of aliphatic hydroxyl groups is 1. The fraction of sp³-hybridized carbons (Fsp3) is 0.250. The topological polar surface area (TPSA) is 32.8 Å². The van der Waals surface area contributed by atoms with Crippen molar-refractivity contribution in [2.75, 3.05) is 6.61 Å². The molecule has 110 valence electrons. The number of aliphatic hydroxyl groups excluding tert-OH is 1. The summed E-state index contributed by atoms with van der Waals surface area (Å²) in [5.74, 6) is 0. The van der Waals surface area contributed by atoms with Crippen molar-refractivity contribution in [2.45, 2.75) is 17.9 Å². The summed E-state index contributed by atoms with van der Waals surface area (Å²) in [5.41, 5.74) is -1.07. The molecule has 0 saturated carbocycles. The van der Waals surface area contributed by atoms with Crippen molar-refractivity contribution in [3.8, 4) is 0 Å². The maximum atomic E-state index is 13.1. The van der Waals surface area contributed by atoms with Crippen LogP contribution in [0, 0.1) is 0 Å². The molecular weight excluding hydrogens is 281 g/mol. The molecule has 1 aliphatic heterocycles. The molecule has 1 aliphatic rings. The van der Waals surface area contributed by atoms with Gasteiger partial charge in [0.1, 0.15) is 11.7 Å². The quantitative estimate of drug-likeness (QED) is 0.876. The third kappa shape index (κ3) is 2.32. The fourth-order valence-electron chi connectivity index (χ4n) is 2.63. The molecule has 2 atom stereocenters. The summed E-state index contributed by atoms with van der Waals surface area (Å²) in [4.78, 5) is 0. The summed E-state index contributed by atoms with van der Waals surface area (Å²) in [5, 5.41) is 9.63. The molecular formula is C16H13F3O2. The first-order valence-corrected chi connectivity index (χ1v) is 6.49. The van der Waals surface area contributed by atoms with E-state index in [0.29, 0.717) is 5.56 Å². The smallest absolute Gasteiger partial charge is 0.393 e. The molecule has 0 radical (unpaired) electrons. The highest BCUT2D eigenvalue weighted by molar-refractivity contribution is 5.41. The molecule has 0 amide bonds. The Bertz CT molecular complexity index is 639. The third-order valence-corrected chi connectivity index (χ3v) is 3.74. The third-order valence-electron chi connectivity index (χ3n) is 3.74. The van der Waals surface area contributed by atoms with Gasteiger partial charge in [-0.25, -0.2) is 0 Å². The largest absolute Gasteiger partial charge is 0.416 e. The van der Waals surface area contributed by atoms with Gasteiger partial charge in [-0.1, -0.05) is 48.5 Å². The van der Waals surface area contributed by atoms with E-state index in [4.69, 9.17) is 4.74 Å². The number of epoxide rings is 1. The molecule has 1 heterocycles. The van der Waals surface area contributed by atoms with E-state index in [0.717, 1.165) is 6.07 Å². The van der Waals surface area contributed by atoms with Crippen molar-refractivity contribution in [1.29, 1.82) is 0 Å². The molecule has 2 aromatic carbocycles. The second-order valence-corrected chi connectivity index (χ2v) is 5.00. The summed E-state index contributed by atoms with van der Waals surface area (Å²) < 4.78 is 44.7. The van der Waals surface area contributed by atoms with Gasteiger partial charge in [-0.3, -0.25) is 0 Å². The Hall–Kier alpha value is -1.85. The van der Waals surface area contributed by atoms with Crippen LogP contribution in [0.5, 0.6) is 0 Å². The lowest BCUT2D eigenvalue weighted by Gasteiger charge is -2.14. The Labute approximate surface area is 119 Å². The number of ether oxygens (including phenoxy) is 1. The summed E-state index contributed by atoms with van der Waals surface area (Å²) >= 11 is 0. The fourth-order valence-corrected chi connectivity index (χ4v) is 2.63. The number of halogens is 3. The summed E-state index contributed by atoms with van der Waals surface area (Å²) in [6, 6.07) is 14.1. The summed E-state index contributed by atoms with van der Waals surface area (Å²) in [7, 11) is 0. The van der Waals surface area contributed by atoms with E-state index in [1.54, 1.807) is 36.4 Å². The highest BCUT2D eigenvalue weighted by Crippen LogP contribution is 2.58. The van der Waals surface area contributed by atoms with E-state index in [9.17, 15) is 18.3 Å². The SMILES string of the molecule is OC[C@@]1(c2ccccc2)O[C@H]1c1ccccc1C(F)(F)F. The van der Waals surface area contributed by atoms with Crippen LogP contribution in [0.15, 0.2) is 54.6 Å². The zero-order valence-corrected chi connectivity index (χ0v) is 11.0. The van der Waals surface area contributed by atoms with Gasteiger partial charge in [0.2, 0.25) is 0 Å². The molecule has 2 aromatic rings. The van der Waals surface area contributed by atoms with Gasteiger partial charge in [-0.05, 0) is 17.2 Å². The van der Waals surface area contributed by atoms with Crippen LogP contribution in [0.1, 0.15) is 22.8 Å². The first kappa shape index (κ1) is 14.1. The Morgan fingerprint density at radius 2 is 1.62 bits per heavy atom. The monoisotopic (exact) mass is 294 g/mol. The summed E-state index contributed by atoms with van der Waals surface area (Å²) in [6.07, 6.45) is -5.23. The van der Waals surface area contributed by atoms with Gasteiger partial charge in [0.25, 0.3) is 0 Å². The van der Waals surface area contributed by atoms with Crippen molar-refractivity contribution in [3.05, 3.63) is 71.3 Å². The zero-order valence-electron chi connectivity index (χ0n) is 11.0. The molecule has 1 fully saturated rings. The molecule has 1 N–H and O–H groups in total. The Morgan fingerprint density at radius 1 is 1.00 bits per heavy atom. The minimum absolute atomic E-state index is 0.0582. The van der Waals surface area contributed by atoms with Crippen LogP contribution in [0.2, 0.25) is 0 Å². The van der Waals surface area contributed by atoms with E-state index >= 15 is 0 Å². The second kappa shape index (κ2) is 4.86. The molecule has 0 aliphatic carbocycles. The first-order chi connectivity index (χ1) is 9.99. The van der Waals surface area contributed by atoms with Crippen LogP contribution < -0.4 is 0 Å². The van der Waals surface area contributed by atoms with Gasteiger partial charge in [-0.15, -0.1) is 0 Å². The lowest BCUT2D eigenvalue weighted by Crippen LogP contribution is -2.17. The number of benzene rings is 2. The normalized spacial score (nSPS) is 24.9. The van der Waals surface area contributed by atoms with E-state index in [2.05, 4.69) is 0 Å². The van der Waals surface area contributed by atoms with Crippen molar-refractivity contribution in [1.82, 2.24) is 0 Å². The zero-order chi connectivity index (χ0) is 15.1. The van der Waals surface area contributed by atoms with Crippen molar-refractivity contribution >= 4 is 0 Å². The predicted octanol–water partition coefficient (Wildman–Crippen LogP) is 3.66. The Balaban J connectivity index is 2.01. The number of hydrogen-bond donors (Lipinski definition) is 1. The van der Waals surface area contributed by atoms with Crippen LogP contribution >= 0.6 is 0 Å². The molecule has 0 aromatic heterocycles. The number of alkyl halides is 3. The van der Waals surface area contributed by atoms with Gasteiger partial charge < -0.3 is 9.84 Å². The van der Waals surface area contributed by atoms with Crippen LogP contribution in [0.25, 0.3) is 0 Å². The van der Waals surface area contributed by atoms with Crippen molar-refractivity contribution in [2.24, 2.45) is 0 Å². The van der Waals surface area contributed by atoms with E-state index in [1.807, 2.05) is 0 Å². The Kier molecular flexibility index (Phi) is 3.26. The first-order valence-electron chi connectivity index (χ1n) is 6.49. The molecule has 0 bridgehead atoms. The second-order valence-electron chi connectivity index (χ2n) is 5.00. The van der Waals surface area contributed by atoms with Crippen molar-refractivity contribution in [3.63, 3.8) is 0 Å². The highest BCUT2D eigenvalue weighted by Gasteiger charge is 2.59. The molecule has 3 rings (SSSR count). The van der Waals surface area contributed by atoms with Gasteiger partial charge >= 0.3 is 6.18 Å². The molecule has 2 nitrogen and oxygen atoms in total. The van der Waals surface area contributed by atoms with Crippen molar-refractivity contribution < 1.29 is 23.0 Å². The van der Waals surface area contributed by atoms with Crippen LogP contribution in [-0.2, 0) is 16.5 Å². The van der Waals surface area contributed by atoms with Gasteiger partial charge in [0.05, 0.1) is 12.2 Å². The Morgan fingerprint density at radius 3 is 2.24 bits per heavy atom. The van der Waals surface area contributed by atoms with Crippen LogP contribution in [0.4, 0.5) is 13.2 Å². The lowest BCUT2D eigenvalue weighted by atomic mass is 9.90. The maximum absolute atomic E-state index is 13.1. The van der Waals surface area contributed by atoms with Crippen LogP contribution in [-0.4, -0.2) is 11.7 Å². The molecule has 21 heavy (non-hydrogen) atoms. The highest BCUT2D eigenvalue weighted by atomic mass is 19.4. The van der Waals surface area contributed by atoms with E-state index < -0.39 is 23.4 Å². The maximum Gasteiger partial charge on any atom is 0.416 e. The molecule has 0 unspecified atom stereocenters. The van der Waals surface area contributed by atoms with E-state index in [-0.39, 0.29) is 12.2 Å². The number of hydrogen-bond acceptors (Lipinski definition) is 2. The molecule has 5 heteroatoms. The number of rotatable bonds is 3. The van der Waals surface area contributed by atoms with Gasteiger partial charge in [-0.2, -0.15) is 13.2 Å². The van der Waals surface area contributed by atoms with Crippen LogP contribution in [0.3, 0.4) is 0 Å². The standard InChI is InChI=1S/C16H13F3O2/c17-16(18,19)13-9-5-4-8-12(13)14-15(10-20,21-14)11-6-2-1-3-7-11/h1-9,14,20H,10H2/t14-,15-/m0/s1. The molecule has 0 spiro atoms. The minimum Gasteiger partial charge on any atom is -0.393 e. The van der Waals surface area contributed by atoms with E-state index in [1.165, 1.54) is 12.1 Å². The average molecular weight is 294 g/mol. The lowest BCUT2D eigenvalue weighted by molar-refractivity contribution is -0.138.